The Balaban J connectivity index is 2.18. The van der Waals surface area contributed by atoms with Crippen LogP contribution in [0.25, 0.3) is 0 Å². The average Bonchev–Trinajstić information content (AvgIpc) is 2.33. The Kier molecular flexibility index (Phi) is 3.73. The highest BCUT2D eigenvalue weighted by Crippen LogP contribution is 2.24. The number of para-hydroxylation sites is 1. The van der Waals surface area contributed by atoms with E-state index in [-0.39, 0.29) is 0 Å². The molecule has 0 fully saturated rings. The van der Waals surface area contributed by atoms with Crippen LogP contribution in [0.15, 0.2) is 42.7 Å². The third kappa shape index (κ3) is 3.04. The lowest BCUT2D eigenvalue weighted by Gasteiger charge is -2.09. The van der Waals surface area contributed by atoms with E-state index in [0.29, 0.717) is 0 Å². The fourth-order valence-electron chi connectivity index (χ4n) is 1.62. The molecule has 88 valence electrons. The molecule has 1 aromatic heterocycles. The zero-order valence-corrected chi connectivity index (χ0v) is 10.1. The Labute approximate surface area is 101 Å². The van der Waals surface area contributed by atoms with Gasteiger partial charge in [0.25, 0.3) is 0 Å². The fourth-order valence-corrected chi connectivity index (χ4v) is 1.62. The molecule has 0 aliphatic rings. The summed E-state index contributed by atoms with van der Waals surface area (Å²) in [5.41, 5.74) is 2.23. The monoisotopic (exact) mass is 228 g/mol. The van der Waals surface area contributed by atoms with E-state index in [1.807, 2.05) is 50.5 Å². The van der Waals surface area contributed by atoms with E-state index < -0.39 is 0 Å². The van der Waals surface area contributed by atoms with Crippen LogP contribution in [0.4, 0.5) is 0 Å². The van der Waals surface area contributed by atoms with Crippen LogP contribution in [0.5, 0.6) is 11.5 Å². The normalized spacial score (nSPS) is 10.2. The first-order valence-electron chi connectivity index (χ1n) is 5.61. The summed E-state index contributed by atoms with van der Waals surface area (Å²) in [6, 6.07) is 9.95. The van der Waals surface area contributed by atoms with E-state index in [2.05, 4.69) is 10.3 Å². The number of hydrogen-bond acceptors (Lipinski definition) is 3. The van der Waals surface area contributed by atoms with Gasteiger partial charge in [-0.25, -0.2) is 0 Å². The Bertz CT molecular complexity index is 497. The molecule has 3 heteroatoms. The average molecular weight is 228 g/mol. The van der Waals surface area contributed by atoms with Crippen molar-refractivity contribution in [3.8, 4) is 11.5 Å². The molecule has 2 rings (SSSR count). The van der Waals surface area contributed by atoms with E-state index in [1.54, 1.807) is 6.20 Å². The van der Waals surface area contributed by atoms with Gasteiger partial charge in [-0.3, -0.25) is 4.98 Å². The van der Waals surface area contributed by atoms with Crippen molar-refractivity contribution >= 4 is 0 Å². The topological polar surface area (TPSA) is 34.2 Å². The van der Waals surface area contributed by atoms with Gasteiger partial charge < -0.3 is 10.1 Å². The number of aryl methyl sites for hydroxylation is 1. The number of nitrogens with one attached hydrogen (secondary N) is 1. The van der Waals surface area contributed by atoms with Crippen molar-refractivity contribution in [3.63, 3.8) is 0 Å². The summed E-state index contributed by atoms with van der Waals surface area (Å²) in [5, 5.41) is 3.09. The highest BCUT2D eigenvalue weighted by atomic mass is 16.5. The van der Waals surface area contributed by atoms with Gasteiger partial charge in [0.15, 0.2) is 0 Å². The number of hydrogen-bond donors (Lipinski definition) is 1. The van der Waals surface area contributed by atoms with Crippen molar-refractivity contribution in [1.29, 1.82) is 0 Å². The maximum Gasteiger partial charge on any atom is 0.146 e. The maximum atomic E-state index is 5.81. The van der Waals surface area contributed by atoms with Gasteiger partial charge in [-0.05, 0) is 37.2 Å². The molecule has 0 radical (unpaired) electrons. The van der Waals surface area contributed by atoms with Gasteiger partial charge >= 0.3 is 0 Å². The molecule has 0 aliphatic carbocycles. The van der Waals surface area contributed by atoms with Crippen LogP contribution in [-0.4, -0.2) is 12.0 Å². The molecule has 3 nitrogen and oxygen atoms in total. The van der Waals surface area contributed by atoms with Crippen molar-refractivity contribution in [2.45, 2.75) is 13.5 Å². The molecule has 1 heterocycles. The second-order valence-electron chi connectivity index (χ2n) is 3.93. The molecule has 1 aromatic carbocycles. The van der Waals surface area contributed by atoms with E-state index in [9.17, 15) is 0 Å². The largest absolute Gasteiger partial charge is 0.455 e. The quantitative estimate of drug-likeness (QED) is 0.873. The highest BCUT2D eigenvalue weighted by molar-refractivity contribution is 5.36. The van der Waals surface area contributed by atoms with Gasteiger partial charge in [0.2, 0.25) is 0 Å². The summed E-state index contributed by atoms with van der Waals surface area (Å²) in [6.45, 7) is 2.82. The Morgan fingerprint density at radius 3 is 2.82 bits per heavy atom. The standard InChI is InChI=1S/C14H16N2O/c1-11-5-3-4-6-14(11)17-13-7-12(8-15-2)9-16-10-13/h3-7,9-10,15H,8H2,1-2H3. The second kappa shape index (κ2) is 5.46. The molecule has 0 saturated heterocycles. The minimum Gasteiger partial charge on any atom is -0.455 e. The molecule has 0 bridgehead atoms. The summed E-state index contributed by atoms with van der Waals surface area (Å²) in [4.78, 5) is 4.16. The fraction of sp³-hybridized carbons (Fsp3) is 0.214. The predicted molar refractivity (Wildman–Crippen MR) is 68.3 cm³/mol. The van der Waals surface area contributed by atoms with Gasteiger partial charge in [0, 0.05) is 12.7 Å². The van der Waals surface area contributed by atoms with Crippen LogP contribution in [0.3, 0.4) is 0 Å². The number of aromatic nitrogens is 1. The van der Waals surface area contributed by atoms with Crippen molar-refractivity contribution in [1.82, 2.24) is 10.3 Å². The van der Waals surface area contributed by atoms with Crippen molar-refractivity contribution in [2.75, 3.05) is 7.05 Å². The number of benzene rings is 1. The minimum absolute atomic E-state index is 0.770. The number of nitrogens with zero attached hydrogens (tertiary/aromatic N) is 1. The van der Waals surface area contributed by atoms with Gasteiger partial charge in [-0.2, -0.15) is 0 Å². The third-order valence-corrected chi connectivity index (χ3v) is 2.47. The molecule has 0 saturated carbocycles. The van der Waals surface area contributed by atoms with Gasteiger partial charge in [0.05, 0.1) is 6.20 Å². The molecule has 1 N–H and O–H groups in total. The number of pyridine rings is 1. The molecule has 17 heavy (non-hydrogen) atoms. The predicted octanol–water partition coefficient (Wildman–Crippen LogP) is 2.90. The summed E-state index contributed by atoms with van der Waals surface area (Å²) < 4.78 is 5.81. The summed E-state index contributed by atoms with van der Waals surface area (Å²) >= 11 is 0. The van der Waals surface area contributed by atoms with Gasteiger partial charge in [-0.1, -0.05) is 18.2 Å². The first-order valence-corrected chi connectivity index (χ1v) is 5.61. The van der Waals surface area contributed by atoms with E-state index in [1.165, 1.54) is 0 Å². The van der Waals surface area contributed by atoms with Crippen molar-refractivity contribution in [3.05, 3.63) is 53.9 Å². The van der Waals surface area contributed by atoms with Crippen LogP contribution in [0.1, 0.15) is 11.1 Å². The highest BCUT2D eigenvalue weighted by Gasteiger charge is 2.01. The van der Waals surface area contributed by atoms with Crippen LogP contribution < -0.4 is 10.1 Å². The molecule has 0 aliphatic heterocycles. The van der Waals surface area contributed by atoms with E-state index >= 15 is 0 Å². The first kappa shape index (κ1) is 11.6. The lowest BCUT2D eigenvalue weighted by molar-refractivity contribution is 0.475. The molecule has 0 atom stereocenters. The van der Waals surface area contributed by atoms with Crippen molar-refractivity contribution < 1.29 is 4.74 Å². The molecular formula is C14H16N2O. The summed E-state index contributed by atoms with van der Waals surface area (Å²) in [5.74, 6) is 1.64. The smallest absolute Gasteiger partial charge is 0.146 e. The molecular weight excluding hydrogens is 212 g/mol. The van der Waals surface area contributed by atoms with Crippen LogP contribution in [0.2, 0.25) is 0 Å². The Morgan fingerprint density at radius 2 is 2.06 bits per heavy atom. The lowest BCUT2D eigenvalue weighted by atomic mass is 10.2. The van der Waals surface area contributed by atoms with E-state index in [0.717, 1.165) is 29.2 Å². The molecule has 2 aromatic rings. The maximum absolute atomic E-state index is 5.81. The van der Waals surface area contributed by atoms with Crippen LogP contribution in [-0.2, 0) is 6.54 Å². The number of rotatable bonds is 4. The Hall–Kier alpha value is -1.87. The zero-order chi connectivity index (χ0) is 12.1. The minimum atomic E-state index is 0.770. The summed E-state index contributed by atoms with van der Waals surface area (Å²) in [6.07, 6.45) is 3.56. The molecule has 0 amide bonds. The number of ether oxygens (including phenoxy) is 1. The van der Waals surface area contributed by atoms with Gasteiger partial charge in [-0.15, -0.1) is 0 Å². The first-order chi connectivity index (χ1) is 8.29. The Morgan fingerprint density at radius 1 is 1.24 bits per heavy atom. The van der Waals surface area contributed by atoms with E-state index in [4.69, 9.17) is 4.74 Å². The SMILES string of the molecule is CNCc1cncc(Oc2ccccc2C)c1. The molecule has 0 spiro atoms. The zero-order valence-electron chi connectivity index (χ0n) is 10.1. The third-order valence-electron chi connectivity index (χ3n) is 2.47. The lowest BCUT2D eigenvalue weighted by Crippen LogP contribution is -2.05. The van der Waals surface area contributed by atoms with Crippen LogP contribution in [0, 0.1) is 6.92 Å². The second-order valence-corrected chi connectivity index (χ2v) is 3.93. The van der Waals surface area contributed by atoms with Crippen LogP contribution >= 0.6 is 0 Å². The van der Waals surface area contributed by atoms with Gasteiger partial charge in [0.1, 0.15) is 11.5 Å². The van der Waals surface area contributed by atoms with Crippen molar-refractivity contribution in [2.24, 2.45) is 0 Å². The molecule has 0 unspecified atom stereocenters. The summed E-state index contributed by atoms with van der Waals surface area (Å²) in [7, 11) is 1.91.